The number of primary amides is 1. The normalized spacial score (nSPS) is 17.3. The molecule has 0 saturated carbocycles. The number of carbonyl (C=O) groups is 4. The van der Waals surface area contributed by atoms with Gasteiger partial charge in [0, 0.05) is 31.8 Å². The van der Waals surface area contributed by atoms with Crippen LogP contribution in [0.25, 0.3) is 10.4 Å². The number of aryl methyl sites for hydroxylation is 2. The number of hydrogen-bond acceptors (Lipinski definition) is 9. The molecule has 12 nitrogen and oxygen atoms in total. The van der Waals surface area contributed by atoms with Gasteiger partial charge in [0.2, 0.25) is 23.6 Å². The van der Waals surface area contributed by atoms with Gasteiger partial charge in [-0.25, -0.2) is 4.98 Å². The summed E-state index contributed by atoms with van der Waals surface area (Å²) in [6, 6.07) is 13.3. The molecule has 7 N–H and O–H groups in total. The van der Waals surface area contributed by atoms with Gasteiger partial charge in [0.25, 0.3) is 0 Å². The minimum atomic E-state index is -0.885. The molecule has 1 saturated heterocycles. The lowest BCUT2D eigenvalue weighted by Gasteiger charge is -2.35. The minimum Gasteiger partial charge on any atom is -0.492 e. The van der Waals surface area contributed by atoms with Crippen molar-refractivity contribution in [3.63, 3.8) is 0 Å². The second-order valence-corrected chi connectivity index (χ2v) is 15.7. The maximum Gasteiger partial charge on any atom is 0.246 e. The van der Waals surface area contributed by atoms with E-state index < -0.39 is 29.5 Å². The van der Waals surface area contributed by atoms with Crippen LogP contribution in [-0.4, -0.2) is 76.0 Å². The Morgan fingerprint density at radius 2 is 1.79 bits per heavy atom. The Hall–Kier alpha value is -4.04. The monoisotopic (exact) mass is 770 g/mol. The summed E-state index contributed by atoms with van der Waals surface area (Å²) in [5.41, 5.74) is 16.4. The smallest absolute Gasteiger partial charge is 0.246 e. The maximum atomic E-state index is 14.0. The van der Waals surface area contributed by atoms with Gasteiger partial charge in [0.05, 0.1) is 28.2 Å². The number of hydrogen-bond donors (Lipinski definition) is 5. The zero-order valence-electron chi connectivity index (χ0n) is 31.3. The van der Waals surface area contributed by atoms with Crippen molar-refractivity contribution >= 4 is 47.4 Å². The Kier molecular flexibility index (Phi) is 16.3. The van der Waals surface area contributed by atoms with E-state index in [9.17, 15) is 24.3 Å². The van der Waals surface area contributed by atoms with Crippen LogP contribution >= 0.6 is 23.7 Å². The topological polar surface area (TPSA) is 190 Å². The molecule has 0 bridgehead atoms. The van der Waals surface area contributed by atoms with Crippen LogP contribution in [0.15, 0.2) is 54.0 Å². The number of nitrogens with zero attached hydrogens (tertiary/aromatic N) is 2. The molecule has 5 atom stereocenters. The molecular formula is C39H55ClN6O6S. The van der Waals surface area contributed by atoms with Crippen LogP contribution in [0, 0.1) is 12.3 Å². The molecule has 3 aromatic rings. The van der Waals surface area contributed by atoms with Gasteiger partial charge in [0.1, 0.15) is 24.4 Å². The van der Waals surface area contributed by atoms with Crippen LogP contribution in [0.5, 0.6) is 5.75 Å². The average Bonchev–Trinajstić information content (AvgIpc) is 3.71. The first-order valence-corrected chi connectivity index (χ1v) is 18.8. The van der Waals surface area contributed by atoms with Crippen molar-refractivity contribution in [3.05, 3.63) is 70.9 Å². The van der Waals surface area contributed by atoms with Gasteiger partial charge in [-0.2, -0.15) is 0 Å². The van der Waals surface area contributed by atoms with E-state index in [0.717, 1.165) is 40.1 Å². The van der Waals surface area contributed by atoms with E-state index in [1.54, 1.807) is 11.3 Å². The van der Waals surface area contributed by atoms with Gasteiger partial charge in [-0.05, 0) is 73.8 Å². The summed E-state index contributed by atoms with van der Waals surface area (Å²) in [6.07, 6.45) is 2.26. The number of thiazole rings is 1. The van der Waals surface area contributed by atoms with E-state index in [0.29, 0.717) is 18.6 Å². The average molecular weight is 771 g/mol. The van der Waals surface area contributed by atoms with Crippen LogP contribution in [0.1, 0.15) is 89.1 Å². The molecule has 1 fully saturated rings. The molecule has 4 rings (SSSR count). The van der Waals surface area contributed by atoms with E-state index >= 15 is 0 Å². The quantitative estimate of drug-likeness (QED) is 0.123. The highest BCUT2D eigenvalue weighted by Crippen LogP contribution is 2.30. The first-order chi connectivity index (χ1) is 24.6. The summed E-state index contributed by atoms with van der Waals surface area (Å²) in [4.78, 5) is 58.5. The molecule has 2 aromatic carbocycles. The van der Waals surface area contributed by atoms with Crippen molar-refractivity contribution in [1.82, 2.24) is 20.5 Å². The fraction of sp³-hybridized carbons (Fsp3) is 0.513. The Bertz CT molecular complexity index is 1680. The molecule has 0 spiro atoms. The van der Waals surface area contributed by atoms with Gasteiger partial charge < -0.3 is 36.8 Å². The Morgan fingerprint density at radius 1 is 1.08 bits per heavy atom. The van der Waals surface area contributed by atoms with Gasteiger partial charge in [0.15, 0.2) is 0 Å². The highest BCUT2D eigenvalue weighted by atomic mass is 35.5. The number of nitrogens with two attached hydrogens (primary N) is 2. The fourth-order valence-corrected chi connectivity index (χ4v) is 7.08. The molecule has 0 unspecified atom stereocenters. The summed E-state index contributed by atoms with van der Waals surface area (Å²) in [6.45, 7) is 9.76. The lowest BCUT2D eigenvalue weighted by atomic mass is 9.85. The largest absolute Gasteiger partial charge is 0.492 e. The molecule has 2 heterocycles. The number of unbranched alkanes of at least 4 members (excludes halogenated alkanes) is 1. The highest BCUT2D eigenvalue weighted by Gasteiger charge is 2.44. The molecule has 0 aliphatic carbocycles. The first-order valence-electron chi connectivity index (χ1n) is 18.0. The van der Waals surface area contributed by atoms with E-state index in [2.05, 4.69) is 15.6 Å². The zero-order valence-corrected chi connectivity index (χ0v) is 32.9. The number of nitrogens with one attached hydrogen (secondary N) is 2. The van der Waals surface area contributed by atoms with E-state index in [1.807, 2.05) is 88.7 Å². The number of amides is 4. The molecule has 53 heavy (non-hydrogen) atoms. The second kappa shape index (κ2) is 19.9. The van der Waals surface area contributed by atoms with Gasteiger partial charge >= 0.3 is 0 Å². The summed E-state index contributed by atoms with van der Waals surface area (Å²) in [7, 11) is 0. The standard InChI is InChI=1S/C39H54N6O6S.ClH/c1-24(27-13-15-28(16-14-27)35-25(2)42-23-52-35)43-37(49)32-20-30(46)21-45(32)38(50)36(39(3,4)5)44-34(48)12-7-6-9-26-10-8-11-31(19-26)51-22-29(40)17-18-33(41)47;/h8,10-11,13-16,19,23-24,29-30,32,36,46H,6-7,9,12,17-18,20-22,40H2,1-5H3,(H2,41,47)(H,43,49)(H,44,48);1H/t24-,29-,30+,32-,36+;/m0./s1. The van der Waals surface area contributed by atoms with E-state index in [1.165, 1.54) is 4.90 Å². The molecule has 14 heteroatoms. The lowest BCUT2D eigenvalue weighted by Crippen LogP contribution is -2.57. The Labute approximate surface area is 322 Å². The van der Waals surface area contributed by atoms with Crippen LogP contribution in [0.4, 0.5) is 0 Å². The maximum absolute atomic E-state index is 14.0. The van der Waals surface area contributed by atoms with Crippen molar-refractivity contribution < 1.29 is 29.0 Å². The van der Waals surface area contributed by atoms with Gasteiger partial charge in [-0.15, -0.1) is 23.7 Å². The summed E-state index contributed by atoms with van der Waals surface area (Å²) in [5.74, 6) is -0.693. The number of likely N-dealkylation sites (tertiary alicyclic amines) is 1. The van der Waals surface area contributed by atoms with Crippen molar-refractivity contribution in [2.45, 2.75) is 110 Å². The number of aromatic nitrogens is 1. The number of ether oxygens (including phenoxy) is 1. The highest BCUT2D eigenvalue weighted by molar-refractivity contribution is 7.13. The lowest BCUT2D eigenvalue weighted by molar-refractivity contribution is -0.144. The van der Waals surface area contributed by atoms with Crippen LogP contribution in [0.3, 0.4) is 0 Å². The predicted octanol–water partition coefficient (Wildman–Crippen LogP) is 4.59. The predicted molar refractivity (Wildman–Crippen MR) is 209 cm³/mol. The summed E-state index contributed by atoms with van der Waals surface area (Å²) >= 11 is 1.58. The fourth-order valence-electron chi connectivity index (χ4n) is 6.27. The number of aliphatic hydroxyl groups excluding tert-OH is 1. The molecule has 1 aliphatic rings. The van der Waals surface area contributed by atoms with E-state index in [4.69, 9.17) is 16.2 Å². The van der Waals surface area contributed by atoms with Crippen LogP contribution in [0.2, 0.25) is 0 Å². The second-order valence-electron chi connectivity index (χ2n) is 14.8. The number of aliphatic hydroxyl groups is 1. The SMILES string of the molecule is Cc1ncsc1-c1ccc([C@H](C)NC(=O)[C@@H]2C[C@@H](O)CN2C(=O)[C@@H](NC(=O)CCCCc2cccc(OC[C@@H](N)CCC(N)=O)c2)C(C)(C)C)cc1.Cl. The number of β-amino-alcohol motifs (C(OH)–C–C–N with tert-alkyl or cyclic N) is 1. The molecule has 290 valence electrons. The minimum absolute atomic E-state index is 0. The van der Waals surface area contributed by atoms with Crippen molar-refractivity contribution in [2.24, 2.45) is 16.9 Å². The van der Waals surface area contributed by atoms with Crippen molar-refractivity contribution in [3.8, 4) is 16.2 Å². The number of halogens is 1. The summed E-state index contributed by atoms with van der Waals surface area (Å²) < 4.78 is 5.79. The molecule has 0 radical (unpaired) electrons. The molecular weight excluding hydrogens is 716 g/mol. The van der Waals surface area contributed by atoms with Crippen LogP contribution < -0.4 is 26.8 Å². The third kappa shape index (κ3) is 12.8. The van der Waals surface area contributed by atoms with Crippen molar-refractivity contribution in [2.75, 3.05) is 13.2 Å². The summed E-state index contributed by atoms with van der Waals surface area (Å²) in [5, 5.41) is 16.6. The molecule has 4 amide bonds. The number of rotatable bonds is 17. The van der Waals surface area contributed by atoms with Crippen molar-refractivity contribution in [1.29, 1.82) is 0 Å². The molecule has 1 aromatic heterocycles. The molecule has 1 aliphatic heterocycles. The van der Waals surface area contributed by atoms with Gasteiger partial charge in [-0.1, -0.05) is 57.2 Å². The Morgan fingerprint density at radius 3 is 2.43 bits per heavy atom. The van der Waals surface area contributed by atoms with Crippen LogP contribution in [-0.2, 0) is 25.6 Å². The van der Waals surface area contributed by atoms with Gasteiger partial charge in [-0.3, -0.25) is 19.2 Å². The third-order valence-corrected chi connectivity index (χ3v) is 10.3. The van der Waals surface area contributed by atoms with E-state index in [-0.39, 0.29) is 74.6 Å². The number of benzene rings is 2. The third-order valence-electron chi connectivity index (χ3n) is 9.30. The Balaban J connectivity index is 0.00000756. The number of carbonyl (C=O) groups excluding carboxylic acids is 4. The first kappa shape index (κ1) is 43.4. The zero-order chi connectivity index (χ0) is 38.0.